The summed E-state index contributed by atoms with van der Waals surface area (Å²) in [6.07, 6.45) is 1.78. The van der Waals surface area contributed by atoms with Crippen LogP contribution in [-0.4, -0.2) is 68.2 Å². The lowest BCUT2D eigenvalue weighted by atomic mass is 10.0. The van der Waals surface area contributed by atoms with E-state index in [9.17, 15) is 4.79 Å². The molecule has 1 saturated heterocycles. The number of amides is 1. The second-order valence-corrected chi connectivity index (χ2v) is 5.75. The van der Waals surface area contributed by atoms with Crippen LogP contribution in [0.2, 0.25) is 0 Å². The van der Waals surface area contributed by atoms with E-state index in [1.807, 2.05) is 4.90 Å². The number of methoxy groups -OCH3 is 1. The summed E-state index contributed by atoms with van der Waals surface area (Å²) in [6.45, 7) is 9.46. The number of carbonyl (C=O) groups is 1. The molecular weight excluding hydrogens is 242 g/mol. The van der Waals surface area contributed by atoms with Gasteiger partial charge in [0.1, 0.15) is 0 Å². The first-order chi connectivity index (χ1) is 9.04. The summed E-state index contributed by atoms with van der Waals surface area (Å²) in [6, 6.07) is -0.342. The van der Waals surface area contributed by atoms with Gasteiger partial charge in [-0.2, -0.15) is 0 Å². The number of rotatable bonds is 6. The molecule has 1 heterocycles. The Morgan fingerprint density at radius 3 is 2.63 bits per heavy atom. The highest BCUT2D eigenvalue weighted by Gasteiger charge is 2.23. The van der Waals surface area contributed by atoms with Gasteiger partial charge in [0.25, 0.3) is 0 Å². The Kier molecular flexibility index (Phi) is 7.34. The van der Waals surface area contributed by atoms with E-state index in [0.29, 0.717) is 5.92 Å². The molecule has 0 saturated carbocycles. The van der Waals surface area contributed by atoms with Gasteiger partial charge in [-0.05, 0) is 25.3 Å². The molecule has 112 valence electrons. The third kappa shape index (κ3) is 5.89. The van der Waals surface area contributed by atoms with Crippen molar-refractivity contribution >= 4 is 5.91 Å². The summed E-state index contributed by atoms with van der Waals surface area (Å²) in [5.74, 6) is 0.575. The Hall–Kier alpha value is -0.650. The molecule has 0 aromatic rings. The first-order valence-corrected chi connectivity index (χ1v) is 7.30. The van der Waals surface area contributed by atoms with Gasteiger partial charge in [0.05, 0.1) is 12.6 Å². The largest absolute Gasteiger partial charge is 0.383 e. The van der Waals surface area contributed by atoms with Crippen molar-refractivity contribution in [2.75, 3.05) is 46.4 Å². The Bertz CT molecular complexity index is 271. The summed E-state index contributed by atoms with van der Waals surface area (Å²) in [5.41, 5.74) is 5.99. The smallest absolute Gasteiger partial charge is 0.239 e. The molecule has 19 heavy (non-hydrogen) atoms. The lowest BCUT2D eigenvalue weighted by molar-refractivity contribution is -0.132. The van der Waals surface area contributed by atoms with Crippen molar-refractivity contribution in [2.24, 2.45) is 11.7 Å². The molecule has 1 atom stereocenters. The molecule has 1 amide bonds. The quantitative estimate of drug-likeness (QED) is 0.766. The third-order valence-electron chi connectivity index (χ3n) is 3.55. The van der Waals surface area contributed by atoms with Crippen molar-refractivity contribution in [3.8, 4) is 0 Å². The predicted molar refractivity (Wildman–Crippen MR) is 76.9 cm³/mol. The van der Waals surface area contributed by atoms with E-state index in [-0.39, 0.29) is 11.9 Å². The first-order valence-electron chi connectivity index (χ1n) is 7.30. The van der Waals surface area contributed by atoms with Crippen molar-refractivity contribution < 1.29 is 9.53 Å². The van der Waals surface area contributed by atoms with Crippen molar-refractivity contribution in [1.29, 1.82) is 0 Å². The van der Waals surface area contributed by atoms with E-state index in [1.165, 1.54) is 0 Å². The molecule has 0 aliphatic carbocycles. The van der Waals surface area contributed by atoms with Gasteiger partial charge in [0, 0.05) is 33.3 Å². The lowest BCUT2D eigenvalue weighted by Gasteiger charge is -2.25. The molecule has 0 bridgehead atoms. The zero-order chi connectivity index (χ0) is 14.3. The van der Waals surface area contributed by atoms with Crippen LogP contribution < -0.4 is 5.73 Å². The van der Waals surface area contributed by atoms with Crippen molar-refractivity contribution in [2.45, 2.75) is 32.7 Å². The minimum atomic E-state index is -0.342. The number of hydrogen-bond acceptors (Lipinski definition) is 4. The molecular formula is C14H29N3O2. The van der Waals surface area contributed by atoms with Crippen LogP contribution in [-0.2, 0) is 9.53 Å². The maximum Gasteiger partial charge on any atom is 0.239 e. The highest BCUT2D eigenvalue weighted by molar-refractivity contribution is 5.81. The van der Waals surface area contributed by atoms with E-state index >= 15 is 0 Å². The number of nitrogens with zero attached hydrogens (tertiary/aromatic N) is 2. The summed E-state index contributed by atoms with van der Waals surface area (Å²) < 4.78 is 5.10. The highest BCUT2D eigenvalue weighted by atomic mass is 16.5. The van der Waals surface area contributed by atoms with Gasteiger partial charge >= 0.3 is 0 Å². The fourth-order valence-electron chi connectivity index (χ4n) is 2.48. The van der Waals surface area contributed by atoms with Crippen LogP contribution in [0.1, 0.15) is 26.7 Å². The predicted octanol–water partition coefficient (Wildman–Crippen LogP) is 0.541. The molecule has 1 rings (SSSR count). The van der Waals surface area contributed by atoms with Crippen molar-refractivity contribution in [1.82, 2.24) is 9.80 Å². The van der Waals surface area contributed by atoms with Crippen LogP contribution in [0.4, 0.5) is 0 Å². The van der Waals surface area contributed by atoms with E-state index in [1.54, 1.807) is 7.11 Å². The maximum atomic E-state index is 12.3. The molecule has 0 unspecified atom stereocenters. The summed E-state index contributed by atoms with van der Waals surface area (Å²) >= 11 is 0. The topological polar surface area (TPSA) is 58.8 Å². The van der Waals surface area contributed by atoms with E-state index in [4.69, 9.17) is 10.5 Å². The summed E-state index contributed by atoms with van der Waals surface area (Å²) in [7, 11) is 1.72. The van der Waals surface area contributed by atoms with E-state index in [2.05, 4.69) is 18.7 Å². The van der Waals surface area contributed by atoms with Gasteiger partial charge in [0.2, 0.25) is 5.91 Å². The molecule has 5 nitrogen and oxygen atoms in total. The molecule has 5 heteroatoms. The molecule has 2 N–H and O–H groups in total. The van der Waals surface area contributed by atoms with Gasteiger partial charge in [-0.15, -0.1) is 0 Å². The lowest BCUT2D eigenvalue weighted by Crippen LogP contribution is -2.45. The highest BCUT2D eigenvalue weighted by Crippen LogP contribution is 2.09. The number of hydrogen-bond donors (Lipinski definition) is 1. The second kappa shape index (κ2) is 8.51. The van der Waals surface area contributed by atoms with Crippen LogP contribution >= 0.6 is 0 Å². The minimum Gasteiger partial charge on any atom is -0.383 e. The third-order valence-corrected chi connectivity index (χ3v) is 3.55. The van der Waals surface area contributed by atoms with Crippen LogP contribution in [0.5, 0.6) is 0 Å². The summed E-state index contributed by atoms with van der Waals surface area (Å²) in [4.78, 5) is 16.5. The maximum absolute atomic E-state index is 12.3. The van der Waals surface area contributed by atoms with Gasteiger partial charge < -0.3 is 15.4 Å². The molecule has 1 aliphatic rings. The SMILES string of the molecule is COCCN1CCCN(C(=O)[C@H](N)CC(C)C)CC1. The van der Waals surface area contributed by atoms with E-state index < -0.39 is 0 Å². The average molecular weight is 271 g/mol. The molecule has 1 fully saturated rings. The number of ether oxygens (including phenoxy) is 1. The van der Waals surface area contributed by atoms with Crippen LogP contribution in [0, 0.1) is 5.92 Å². The summed E-state index contributed by atoms with van der Waals surface area (Å²) in [5, 5.41) is 0. The Balaban J connectivity index is 2.41. The van der Waals surface area contributed by atoms with Gasteiger partial charge in [-0.25, -0.2) is 0 Å². The fraction of sp³-hybridized carbons (Fsp3) is 0.929. The second-order valence-electron chi connectivity index (χ2n) is 5.75. The monoisotopic (exact) mass is 271 g/mol. The Labute approximate surface area is 117 Å². The minimum absolute atomic E-state index is 0.113. The molecule has 0 aromatic carbocycles. The van der Waals surface area contributed by atoms with Gasteiger partial charge in [-0.3, -0.25) is 9.69 Å². The number of nitrogens with two attached hydrogens (primary N) is 1. The standard InChI is InChI=1S/C14H29N3O2/c1-12(2)11-13(15)14(18)17-6-4-5-16(7-8-17)9-10-19-3/h12-13H,4-11,15H2,1-3H3/t13-/m1/s1. The number of carbonyl (C=O) groups excluding carboxylic acids is 1. The van der Waals surface area contributed by atoms with E-state index in [0.717, 1.165) is 52.2 Å². The van der Waals surface area contributed by atoms with Gasteiger partial charge in [0.15, 0.2) is 0 Å². The van der Waals surface area contributed by atoms with Crippen molar-refractivity contribution in [3.63, 3.8) is 0 Å². The average Bonchev–Trinajstić information content (AvgIpc) is 2.60. The normalized spacial score (nSPS) is 19.5. The zero-order valence-electron chi connectivity index (χ0n) is 12.6. The van der Waals surface area contributed by atoms with Crippen LogP contribution in [0.25, 0.3) is 0 Å². The van der Waals surface area contributed by atoms with Crippen LogP contribution in [0.15, 0.2) is 0 Å². The first kappa shape index (κ1) is 16.4. The van der Waals surface area contributed by atoms with Crippen LogP contribution in [0.3, 0.4) is 0 Å². The molecule has 1 aliphatic heterocycles. The Morgan fingerprint density at radius 2 is 2.00 bits per heavy atom. The Morgan fingerprint density at radius 1 is 1.26 bits per heavy atom. The fourth-order valence-corrected chi connectivity index (χ4v) is 2.48. The molecule has 0 aromatic heterocycles. The van der Waals surface area contributed by atoms with Gasteiger partial charge in [-0.1, -0.05) is 13.8 Å². The zero-order valence-corrected chi connectivity index (χ0v) is 12.6. The van der Waals surface area contributed by atoms with Crippen molar-refractivity contribution in [3.05, 3.63) is 0 Å². The molecule has 0 spiro atoms. The molecule has 0 radical (unpaired) electrons.